The summed E-state index contributed by atoms with van der Waals surface area (Å²) in [5, 5.41) is 11.2. The second-order valence-electron chi connectivity index (χ2n) is 7.65. The SMILES string of the molecule is CCN(CC)CCN1C(=O)C(=O)/C(=C(\O)c2ccc(OC)c(Br)c2)C1c1cccc(OC)c1. The minimum atomic E-state index is -0.725. The Morgan fingerprint density at radius 3 is 2.42 bits per heavy atom. The Balaban J connectivity index is 2.13. The van der Waals surface area contributed by atoms with Gasteiger partial charge in [0.15, 0.2) is 0 Å². The van der Waals surface area contributed by atoms with Gasteiger partial charge >= 0.3 is 0 Å². The quantitative estimate of drug-likeness (QED) is 0.305. The fourth-order valence-corrected chi connectivity index (χ4v) is 4.57. The first-order valence-electron chi connectivity index (χ1n) is 10.8. The molecule has 0 saturated carbocycles. The van der Waals surface area contributed by atoms with Gasteiger partial charge in [0, 0.05) is 18.7 Å². The van der Waals surface area contributed by atoms with E-state index in [4.69, 9.17) is 9.47 Å². The summed E-state index contributed by atoms with van der Waals surface area (Å²) in [5.41, 5.74) is 1.17. The number of likely N-dealkylation sites (tertiary alicyclic amines) is 1. The van der Waals surface area contributed by atoms with Crippen molar-refractivity contribution in [2.45, 2.75) is 19.9 Å². The van der Waals surface area contributed by atoms with Gasteiger partial charge in [-0.3, -0.25) is 9.59 Å². The van der Waals surface area contributed by atoms with E-state index in [2.05, 4.69) is 34.7 Å². The molecule has 7 nitrogen and oxygen atoms in total. The molecule has 1 aliphatic rings. The highest BCUT2D eigenvalue weighted by molar-refractivity contribution is 9.10. The van der Waals surface area contributed by atoms with E-state index in [0.717, 1.165) is 13.1 Å². The smallest absolute Gasteiger partial charge is 0.295 e. The normalized spacial score (nSPS) is 17.6. The lowest BCUT2D eigenvalue weighted by atomic mass is 9.95. The molecular weight excluding hydrogens is 488 g/mol. The maximum absolute atomic E-state index is 13.2. The zero-order valence-electron chi connectivity index (χ0n) is 19.3. The largest absolute Gasteiger partial charge is 0.507 e. The van der Waals surface area contributed by atoms with Crippen LogP contribution in [0.3, 0.4) is 0 Å². The lowest BCUT2D eigenvalue weighted by Gasteiger charge is -2.28. The third kappa shape index (κ3) is 5.07. The number of hydrogen-bond acceptors (Lipinski definition) is 6. The van der Waals surface area contributed by atoms with E-state index in [1.807, 2.05) is 12.1 Å². The highest BCUT2D eigenvalue weighted by Gasteiger charge is 2.46. The molecule has 176 valence electrons. The highest BCUT2D eigenvalue weighted by atomic mass is 79.9. The van der Waals surface area contributed by atoms with Gasteiger partial charge in [0.05, 0.1) is 30.3 Å². The number of ether oxygens (including phenoxy) is 2. The van der Waals surface area contributed by atoms with Crippen LogP contribution in [0.15, 0.2) is 52.5 Å². The summed E-state index contributed by atoms with van der Waals surface area (Å²) in [4.78, 5) is 30.0. The Bertz CT molecular complexity index is 1060. The van der Waals surface area contributed by atoms with E-state index in [0.29, 0.717) is 40.2 Å². The van der Waals surface area contributed by atoms with Crippen LogP contribution >= 0.6 is 15.9 Å². The molecule has 1 aliphatic heterocycles. The molecule has 3 rings (SSSR count). The number of halogens is 1. The Hall–Kier alpha value is -2.84. The average molecular weight is 517 g/mol. The summed E-state index contributed by atoms with van der Waals surface area (Å²) >= 11 is 3.42. The number of aliphatic hydroxyl groups excluding tert-OH is 1. The van der Waals surface area contributed by atoms with Crippen LogP contribution in [-0.4, -0.2) is 67.0 Å². The van der Waals surface area contributed by atoms with Crippen LogP contribution in [0.2, 0.25) is 0 Å². The van der Waals surface area contributed by atoms with Gasteiger partial charge in [-0.25, -0.2) is 0 Å². The summed E-state index contributed by atoms with van der Waals surface area (Å²) in [5.74, 6) is -0.352. The number of nitrogens with zero attached hydrogens (tertiary/aromatic N) is 2. The number of amides is 1. The Morgan fingerprint density at radius 1 is 1.09 bits per heavy atom. The Labute approximate surface area is 202 Å². The highest BCUT2D eigenvalue weighted by Crippen LogP contribution is 2.41. The average Bonchev–Trinajstić information content (AvgIpc) is 3.09. The van der Waals surface area contributed by atoms with Gasteiger partial charge in [-0.05, 0) is 64.9 Å². The molecule has 0 spiro atoms. The third-order valence-corrected chi connectivity index (χ3v) is 6.55. The van der Waals surface area contributed by atoms with Crippen LogP contribution in [0, 0.1) is 0 Å². The number of hydrogen-bond donors (Lipinski definition) is 1. The first-order chi connectivity index (χ1) is 15.9. The van der Waals surface area contributed by atoms with E-state index in [1.165, 1.54) is 0 Å². The van der Waals surface area contributed by atoms with E-state index < -0.39 is 17.7 Å². The second kappa shape index (κ2) is 10.9. The van der Waals surface area contributed by atoms with E-state index in [9.17, 15) is 14.7 Å². The van der Waals surface area contributed by atoms with Crippen LogP contribution < -0.4 is 9.47 Å². The van der Waals surface area contributed by atoms with Gasteiger partial charge in [0.25, 0.3) is 11.7 Å². The molecule has 1 heterocycles. The summed E-state index contributed by atoms with van der Waals surface area (Å²) in [6.07, 6.45) is 0. The molecule has 1 N–H and O–H groups in total. The Kier molecular flexibility index (Phi) is 8.15. The third-order valence-electron chi connectivity index (χ3n) is 5.93. The molecule has 0 aliphatic carbocycles. The molecular formula is C25H29BrN2O5. The predicted octanol–water partition coefficient (Wildman–Crippen LogP) is 4.23. The summed E-state index contributed by atoms with van der Waals surface area (Å²) in [7, 11) is 3.11. The van der Waals surface area contributed by atoms with Gasteiger partial charge in [0.2, 0.25) is 0 Å². The lowest BCUT2D eigenvalue weighted by Crippen LogP contribution is -2.38. The molecule has 2 aromatic carbocycles. The van der Waals surface area contributed by atoms with Crippen molar-refractivity contribution in [3.63, 3.8) is 0 Å². The number of Topliss-reactive ketones (excluding diaryl/α,β-unsaturated/α-hetero) is 1. The minimum absolute atomic E-state index is 0.0601. The van der Waals surface area contributed by atoms with Gasteiger partial charge in [-0.1, -0.05) is 26.0 Å². The molecule has 0 radical (unpaired) electrons. The molecule has 8 heteroatoms. The topological polar surface area (TPSA) is 79.3 Å². The number of likely N-dealkylation sites (N-methyl/N-ethyl adjacent to an activating group) is 1. The zero-order chi connectivity index (χ0) is 24.1. The van der Waals surface area contributed by atoms with Crippen molar-refractivity contribution < 1.29 is 24.2 Å². The van der Waals surface area contributed by atoms with Crippen LogP contribution in [0.4, 0.5) is 0 Å². The van der Waals surface area contributed by atoms with Crippen molar-refractivity contribution in [2.24, 2.45) is 0 Å². The summed E-state index contributed by atoms with van der Waals surface area (Å²) in [6.45, 7) is 6.76. The summed E-state index contributed by atoms with van der Waals surface area (Å²) in [6, 6.07) is 11.5. The predicted molar refractivity (Wildman–Crippen MR) is 130 cm³/mol. The standard InChI is InChI=1S/C25H29BrN2O5/c1-5-27(6-2)12-13-28-22(16-8-7-9-18(14-16)32-3)21(24(30)25(28)31)23(29)17-10-11-20(33-4)19(26)15-17/h7-11,14-15,22,29H,5-6,12-13H2,1-4H3/b23-21-. The molecule has 0 bridgehead atoms. The maximum Gasteiger partial charge on any atom is 0.295 e. The fraction of sp³-hybridized carbons (Fsp3) is 0.360. The second-order valence-corrected chi connectivity index (χ2v) is 8.50. The minimum Gasteiger partial charge on any atom is -0.507 e. The monoisotopic (exact) mass is 516 g/mol. The molecule has 1 atom stereocenters. The van der Waals surface area contributed by atoms with Crippen molar-refractivity contribution >= 4 is 33.4 Å². The lowest BCUT2D eigenvalue weighted by molar-refractivity contribution is -0.140. The molecule has 33 heavy (non-hydrogen) atoms. The molecule has 1 amide bonds. The Morgan fingerprint density at radius 2 is 1.82 bits per heavy atom. The van der Waals surface area contributed by atoms with Crippen LogP contribution in [0.1, 0.15) is 31.0 Å². The molecule has 1 saturated heterocycles. The van der Waals surface area contributed by atoms with Crippen molar-refractivity contribution in [1.82, 2.24) is 9.80 Å². The van der Waals surface area contributed by atoms with Crippen molar-refractivity contribution in [2.75, 3.05) is 40.4 Å². The number of benzene rings is 2. The van der Waals surface area contributed by atoms with E-state index in [1.54, 1.807) is 49.5 Å². The number of methoxy groups -OCH3 is 2. The first-order valence-corrected chi connectivity index (χ1v) is 11.6. The van der Waals surface area contributed by atoms with Crippen molar-refractivity contribution in [3.8, 4) is 11.5 Å². The molecule has 1 fully saturated rings. The van der Waals surface area contributed by atoms with Gasteiger partial charge < -0.3 is 24.4 Å². The molecule has 0 aromatic heterocycles. The van der Waals surface area contributed by atoms with Gasteiger partial charge in [-0.2, -0.15) is 0 Å². The number of aliphatic hydroxyl groups is 1. The van der Waals surface area contributed by atoms with Gasteiger partial charge in [0.1, 0.15) is 17.3 Å². The fourth-order valence-electron chi connectivity index (χ4n) is 4.03. The van der Waals surface area contributed by atoms with E-state index in [-0.39, 0.29) is 11.3 Å². The molecule has 2 aromatic rings. The number of rotatable bonds is 9. The van der Waals surface area contributed by atoms with Crippen LogP contribution in [-0.2, 0) is 9.59 Å². The van der Waals surface area contributed by atoms with E-state index >= 15 is 0 Å². The van der Waals surface area contributed by atoms with Crippen LogP contribution in [0.5, 0.6) is 11.5 Å². The van der Waals surface area contributed by atoms with Crippen molar-refractivity contribution in [1.29, 1.82) is 0 Å². The van der Waals surface area contributed by atoms with Gasteiger partial charge in [-0.15, -0.1) is 0 Å². The van der Waals surface area contributed by atoms with Crippen molar-refractivity contribution in [3.05, 3.63) is 63.6 Å². The first kappa shape index (κ1) is 24.8. The zero-order valence-corrected chi connectivity index (χ0v) is 20.9. The summed E-state index contributed by atoms with van der Waals surface area (Å²) < 4.78 is 11.2. The molecule has 1 unspecified atom stereocenters. The number of carbonyl (C=O) groups excluding carboxylic acids is 2. The number of ketones is 1. The van der Waals surface area contributed by atoms with Crippen LogP contribution in [0.25, 0.3) is 5.76 Å². The number of carbonyl (C=O) groups is 2. The maximum atomic E-state index is 13.2.